The zero-order valence-electron chi connectivity index (χ0n) is 29.8. The van der Waals surface area contributed by atoms with Gasteiger partial charge in [0.2, 0.25) is 0 Å². The van der Waals surface area contributed by atoms with Gasteiger partial charge in [-0.05, 0) is 108 Å². The van der Waals surface area contributed by atoms with Crippen molar-refractivity contribution in [1.82, 2.24) is 14.1 Å². The molecule has 0 radical (unpaired) electrons. The van der Waals surface area contributed by atoms with E-state index in [1.807, 2.05) is 0 Å². The molecule has 0 aliphatic rings. The predicted octanol–water partition coefficient (Wildman–Crippen LogP) is 12.8. The third-order valence-electron chi connectivity index (χ3n) is 10.8. The molecular formula is C50H37N3. The Hall–Kier alpha value is -6.71. The molecule has 10 aromatic rings. The number of rotatable bonds is 6. The first-order valence-corrected chi connectivity index (χ1v) is 18.3. The molecule has 0 atom stereocenters. The van der Waals surface area contributed by atoms with E-state index in [1.165, 1.54) is 82.7 Å². The number of aromatic nitrogens is 3. The Morgan fingerprint density at radius 3 is 1.77 bits per heavy atom. The van der Waals surface area contributed by atoms with Gasteiger partial charge in [0.25, 0.3) is 0 Å². The molecule has 252 valence electrons. The number of hydrogen-bond donors (Lipinski definition) is 0. The highest BCUT2D eigenvalue weighted by Gasteiger charge is 2.17. The SMILES string of the molecule is Cc1ccc(-n2c3ccccc3c3cc(Cc4ccc(-c5ccc6c(c5)c5ccccc5n6-c5ccccc5)cc4-c4ccccc4C)ncc32)cc1. The molecule has 0 aliphatic carbocycles. The molecule has 0 amide bonds. The summed E-state index contributed by atoms with van der Waals surface area (Å²) in [5, 5.41) is 4.98. The number of pyridine rings is 1. The number of aryl methyl sites for hydroxylation is 2. The molecule has 0 fully saturated rings. The van der Waals surface area contributed by atoms with Gasteiger partial charge in [0.05, 0.1) is 28.3 Å². The second kappa shape index (κ2) is 12.5. The maximum absolute atomic E-state index is 5.11. The summed E-state index contributed by atoms with van der Waals surface area (Å²) < 4.78 is 4.71. The molecule has 0 unspecified atom stereocenters. The van der Waals surface area contributed by atoms with Crippen molar-refractivity contribution in [2.45, 2.75) is 20.3 Å². The monoisotopic (exact) mass is 679 g/mol. The highest BCUT2D eigenvalue weighted by Crippen LogP contribution is 2.38. The van der Waals surface area contributed by atoms with E-state index in [1.54, 1.807) is 0 Å². The predicted molar refractivity (Wildman–Crippen MR) is 223 cm³/mol. The first-order valence-electron chi connectivity index (χ1n) is 18.3. The van der Waals surface area contributed by atoms with Gasteiger partial charge in [0.15, 0.2) is 0 Å². The lowest BCUT2D eigenvalue weighted by atomic mass is 9.90. The molecule has 3 nitrogen and oxygen atoms in total. The number of benzene rings is 7. The summed E-state index contributed by atoms with van der Waals surface area (Å²) in [6, 6.07) is 61.8. The van der Waals surface area contributed by atoms with Crippen LogP contribution in [0.15, 0.2) is 176 Å². The smallest absolute Gasteiger partial charge is 0.0724 e. The number of nitrogens with zero attached hydrogens (tertiary/aromatic N) is 3. The zero-order chi connectivity index (χ0) is 35.5. The minimum absolute atomic E-state index is 0.730. The standard InChI is InChI=1S/C50H37N3/c1-33-20-25-40(26-21-33)53-48-19-11-9-17-43(48)46-31-38(51-32-50(46)53)28-37-23-22-35(29-44(37)41-15-7-6-12-34(41)2)36-24-27-49-45(30-36)42-16-8-10-18-47(42)52(49)39-13-4-3-5-14-39/h3-27,29-32H,28H2,1-2H3. The Balaban J connectivity index is 1.10. The zero-order valence-corrected chi connectivity index (χ0v) is 29.8. The first kappa shape index (κ1) is 31.1. The first-order chi connectivity index (χ1) is 26.1. The molecule has 0 spiro atoms. The molecule has 3 heteroatoms. The third kappa shape index (κ3) is 5.24. The average molecular weight is 680 g/mol. The van der Waals surface area contributed by atoms with Crippen molar-refractivity contribution in [1.29, 1.82) is 0 Å². The van der Waals surface area contributed by atoms with Crippen LogP contribution in [-0.2, 0) is 6.42 Å². The van der Waals surface area contributed by atoms with Gasteiger partial charge in [-0.2, -0.15) is 0 Å². The van der Waals surface area contributed by atoms with Crippen LogP contribution in [0, 0.1) is 13.8 Å². The molecule has 10 rings (SSSR count). The highest BCUT2D eigenvalue weighted by atomic mass is 15.0. The normalized spacial score (nSPS) is 11.7. The summed E-state index contributed by atoms with van der Waals surface area (Å²) in [5.41, 5.74) is 16.8. The van der Waals surface area contributed by atoms with Crippen molar-refractivity contribution in [2.24, 2.45) is 0 Å². The maximum atomic E-state index is 5.11. The van der Waals surface area contributed by atoms with Gasteiger partial charge < -0.3 is 9.13 Å². The van der Waals surface area contributed by atoms with E-state index in [4.69, 9.17) is 4.98 Å². The molecule has 7 aromatic carbocycles. The molecule has 3 aromatic heterocycles. The van der Waals surface area contributed by atoms with E-state index in [9.17, 15) is 0 Å². The topological polar surface area (TPSA) is 22.8 Å². The van der Waals surface area contributed by atoms with Crippen LogP contribution in [0.1, 0.15) is 22.4 Å². The minimum Gasteiger partial charge on any atom is -0.309 e. The summed E-state index contributed by atoms with van der Waals surface area (Å²) in [7, 11) is 0. The summed E-state index contributed by atoms with van der Waals surface area (Å²) >= 11 is 0. The fourth-order valence-electron chi connectivity index (χ4n) is 8.22. The van der Waals surface area contributed by atoms with Gasteiger partial charge in [0, 0.05) is 45.0 Å². The largest absolute Gasteiger partial charge is 0.309 e. The molecule has 0 bridgehead atoms. The van der Waals surface area contributed by atoms with Crippen molar-refractivity contribution in [3.05, 3.63) is 198 Å². The second-order valence-electron chi connectivity index (χ2n) is 14.2. The van der Waals surface area contributed by atoms with Crippen molar-refractivity contribution < 1.29 is 0 Å². The van der Waals surface area contributed by atoms with Crippen LogP contribution in [0.3, 0.4) is 0 Å². The van der Waals surface area contributed by atoms with Crippen LogP contribution < -0.4 is 0 Å². The quantitative estimate of drug-likeness (QED) is 0.171. The van der Waals surface area contributed by atoms with Crippen molar-refractivity contribution >= 4 is 43.6 Å². The van der Waals surface area contributed by atoms with Gasteiger partial charge in [0.1, 0.15) is 0 Å². The Kier molecular flexibility index (Phi) is 7.33. The Labute approximate surface area is 309 Å². The van der Waals surface area contributed by atoms with Crippen molar-refractivity contribution in [3.8, 4) is 33.6 Å². The number of fused-ring (bicyclic) bond motifs is 6. The van der Waals surface area contributed by atoms with Crippen LogP contribution in [-0.4, -0.2) is 14.1 Å². The van der Waals surface area contributed by atoms with Crippen LogP contribution in [0.4, 0.5) is 0 Å². The molecule has 3 heterocycles. The maximum Gasteiger partial charge on any atom is 0.0724 e. The van der Waals surface area contributed by atoms with E-state index in [-0.39, 0.29) is 0 Å². The van der Waals surface area contributed by atoms with Gasteiger partial charge in [-0.3, -0.25) is 4.98 Å². The fraction of sp³-hybridized carbons (Fsp3) is 0.0600. The van der Waals surface area contributed by atoms with Crippen molar-refractivity contribution in [3.63, 3.8) is 0 Å². The summed E-state index contributed by atoms with van der Waals surface area (Å²) in [5.74, 6) is 0. The average Bonchev–Trinajstić information content (AvgIpc) is 3.71. The molecule has 0 saturated heterocycles. The lowest BCUT2D eigenvalue weighted by molar-refractivity contribution is 1.07. The molecule has 0 saturated carbocycles. The summed E-state index contributed by atoms with van der Waals surface area (Å²) in [6.45, 7) is 4.34. The Morgan fingerprint density at radius 1 is 0.434 bits per heavy atom. The Morgan fingerprint density at radius 2 is 1.02 bits per heavy atom. The second-order valence-corrected chi connectivity index (χ2v) is 14.2. The van der Waals surface area contributed by atoms with E-state index >= 15 is 0 Å². The van der Waals surface area contributed by atoms with Gasteiger partial charge in [-0.1, -0.05) is 115 Å². The minimum atomic E-state index is 0.730. The number of para-hydroxylation sites is 3. The summed E-state index contributed by atoms with van der Waals surface area (Å²) in [4.78, 5) is 5.11. The fourth-order valence-corrected chi connectivity index (χ4v) is 8.22. The van der Waals surface area contributed by atoms with E-state index in [0.29, 0.717) is 0 Å². The third-order valence-corrected chi connectivity index (χ3v) is 10.8. The van der Waals surface area contributed by atoms with E-state index in [0.717, 1.165) is 23.3 Å². The number of hydrogen-bond acceptors (Lipinski definition) is 1. The van der Waals surface area contributed by atoms with Crippen LogP contribution in [0.5, 0.6) is 0 Å². The van der Waals surface area contributed by atoms with Crippen LogP contribution in [0.2, 0.25) is 0 Å². The van der Waals surface area contributed by atoms with Gasteiger partial charge >= 0.3 is 0 Å². The molecule has 53 heavy (non-hydrogen) atoms. The molecule has 0 aliphatic heterocycles. The van der Waals surface area contributed by atoms with Gasteiger partial charge in [-0.25, -0.2) is 0 Å². The highest BCUT2D eigenvalue weighted by molar-refractivity contribution is 6.11. The van der Waals surface area contributed by atoms with E-state index in [2.05, 4.69) is 199 Å². The lowest BCUT2D eigenvalue weighted by Crippen LogP contribution is -1.98. The van der Waals surface area contributed by atoms with Crippen molar-refractivity contribution in [2.75, 3.05) is 0 Å². The van der Waals surface area contributed by atoms with Crippen LogP contribution >= 0.6 is 0 Å². The summed E-state index contributed by atoms with van der Waals surface area (Å²) in [6.07, 6.45) is 2.79. The lowest BCUT2D eigenvalue weighted by Gasteiger charge is -2.15. The Bertz CT molecular complexity index is 2980. The van der Waals surface area contributed by atoms with Gasteiger partial charge in [-0.15, -0.1) is 0 Å². The molecule has 0 N–H and O–H groups in total. The van der Waals surface area contributed by atoms with E-state index < -0.39 is 0 Å². The molecular weight excluding hydrogens is 643 g/mol. The van der Waals surface area contributed by atoms with Crippen LogP contribution in [0.25, 0.3) is 77.2 Å².